The molecule has 0 atom stereocenters. The molecule has 0 fully saturated rings. The number of hydrogen-bond donors (Lipinski definition) is 1. The Hall–Kier alpha value is -2.88. The minimum Gasteiger partial charge on any atom is -0.350 e. The third kappa shape index (κ3) is 2.39. The lowest BCUT2D eigenvalue weighted by molar-refractivity contribution is 0.102. The fourth-order valence-electron chi connectivity index (χ4n) is 2.50. The van der Waals surface area contributed by atoms with Crippen LogP contribution in [0.3, 0.4) is 0 Å². The Morgan fingerprint density at radius 3 is 2.50 bits per heavy atom. The number of pyridine rings is 1. The maximum absolute atomic E-state index is 12.5. The highest BCUT2D eigenvalue weighted by atomic mass is 16.2. The van der Waals surface area contributed by atoms with Crippen LogP contribution in [0.5, 0.6) is 0 Å². The number of carbonyl (C=O) groups excluding carboxylic acids is 1. The molecule has 1 aromatic heterocycles. The van der Waals surface area contributed by atoms with Gasteiger partial charge in [0, 0.05) is 24.3 Å². The van der Waals surface area contributed by atoms with Crippen LogP contribution in [0.15, 0.2) is 59.5 Å². The topological polar surface area (TPSA) is 51.1 Å². The van der Waals surface area contributed by atoms with Gasteiger partial charge in [-0.1, -0.05) is 30.3 Å². The molecule has 0 saturated carbocycles. The zero-order valence-electron chi connectivity index (χ0n) is 12.5. The van der Waals surface area contributed by atoms with Crippen molar-refractivity contribution in [1.29, 1.82) is 0 Å². The van der Waals surface area contributed by atoms with Gasteiger partial charge in [-0.15, -0.1) is 0 Å². The number of aryl methyl sites for hydroxylation is 2. The first kappa shape index (κ1) is 14.1. The number of carbonyl (C=O) groups is 1. The minimum atomic E-state index is -0.388. The van der Waals surface area contributed by atoms with Crippen molar-refractivity contribution in [2.75, 3.05) is 5.32 Å². The number of hydrogen-bond acceptors (Lipinski definition) is 2. The molecule has 0 radical (unpaired) electrons. The van der Waals surface area contributed by atoms with Gasteiger partial charge in [0.15, 0.2) is 0 Å². The zero-order valence-corrected chi connectivity index (χ0v) is 12.5. The van der Waals surface area contributed by atoms with Crippen molar-refractivity contribution in [1.82, 2.24) is 4.57 Å². The molecule has 3 aromatic rings. The number of rotatable bonds is 2. The molecule has 0 aliphatic carbocycles. The van der Waals surface area contributed by atoms with Crippen LogP contribution in [0, 0.1) is 6.92 Å². The lowest BCUT2D eigenvalue weighted by Gasteiger charge is -2.10. The zero-order chi connectivity index (χ0) is 15.7. The number of fused-ring (bicyclic) bond motifs is 1. The molecule has 110 valence electrons. The summed E-state index contributed by atoms with van der Waals surface area (Å²) in [5.74, 6) is -0.388. The van der Waals surface area contributed by atoms with Crippen molar-refractivity contribution in [3.05, 3.63) is 76.1 Å². The van der Waals surface area contributed by atoms with Crippen LogP contribution in [0.25, 0.3) is 10.9 Å². The van der Waals surface area contributed by atoms with Gasteiger partial charge in [0.1, 0.15) is 5.56 Å². The van der Waals surface area contributed by atoms with Gasteiger partial charge in [0.25, 0.3) is 5.91 Å². The number of nitrogens with zero attached hydrogens (tertiary/aromatic N) is 1. The molecule has 1 N–H and O–H groups in total. The molecular formula is C18H16N2O2. The quantitative estimate of drug-likeness (QED) is 0.789. The van der Waals surface area contributed by atoms with Crippen LogP contribution >= 0.6 is 0 Å². The van der Waals surface area contributed by atoms with Crippen LogP contribution in [-0.4, -0.2) is 10.5 Å². The first-order valence-electron chi connectivity index (χ1n) is 7.03. The highest BCUT2D eigenvalue weighted by Gasteiger charge is 2.15. The maximum atomic E-state index is 12.5. The molecule has 1 amide bonds. The summed E-state index contributed by atoms with van der Waals surface area (Å²) < 4.78 is 1.80. The lowest BCUT2D eigenvalue weighted by Crippen LogP contribution is -2.23. The Morgan fingerprint density at radius 1 is 1.05 bits per heavy atom. The fraction of sp³-hybridized carbons (Fsp3) is 0.111. The first-order chi connectivity index (χ1) is 10.6. The average molecular weight is 292 g/mol. The van der Waals surface area contributed by atoms with Gasteiger partial charge in [-0.2, -0.15) is 0 Å². The van der Waals surface area contributed by atoms with E-state index in [4.69, 9.17) is 0 Å². The highest BCUT2D eigenvalue weighted by Crippen LogP contribution is 2.15. The van der Waals surface area contributed by atoms with Gasteiger partial charge < -0.3 is 9.88 Å². The number of aromatic nitrogens is 1. The standard InChI is InChI=1S/C18H16N2O2/c1-12-7-3-5-9-15(12)19-18(22)14-11-20(2)16-10-6-4-8-13(16)17(14)21/h3-11H,1-2H3,(H,19,22). The number of nitrogens with one attached hydrogen (secondary N) is 1. The largest absolute Gasteiger partial charge is 0.350 e. The van der Waals surface area contributed by atoms with Crippen LogP contribution < -0.4 is 10.7 Å². The molecule has 0 saturated heterocycles. The number of para-hydroxylation sites is 2. The van der Waals surface area contributed by atoms with Crippen molar-refractivity contribution in [3.63, 3.8) is 0 Å². The summed E-state index contributed by atoms with van der Waals surface area (Å²) in [5, 5.41) is 3.35. The summed E-state index contributed by atoms with van der Waals surface area (Å²) in [5.41, 5.74) is 2.36. The Bertz CT molecular complexity index is 926. The van der Waals surface area contributed by atoms with E-state index in [0.29, 0.717) is 11.1 Å². The van der Waals surface area contributed by atoms with Crippen molar-refractivity contribution < 1.29 is 4.79 Å². The van der Waals surface area contributed by atoms with Gasteiger partial charge in [0.2, 0.25) is 5.43 Å². The Labute approximate surface area is 128 Å². The van der Waals surface area contributed by atoms with E-state index in [-0.39, 0.29) is 16.9 Å². The lowest BCUT2D eigenvalue weighted by atomic mass is 10.1. The molecule has 0 spiro atoms. The van der Waals surface area contributed by atoms with E-state index >= 15 is 0 Å². The monoisotopic (exact) mass is 292 g/mol. The maximum Gasteiger partial charge on any atom is 0.261 e. The smallest absolute Gasteiger partial charge is 0.261 e. The van der Waals surface area contributed by atoms with Crippen molar-refractivity contribution in [3.8, 4) is 0 Å². The Kier molecular flexibility index (Phi) is 3.51. The molecule has 22 heavy (non-hydrogen) atoms. The molecule has 4 nitrogen and oxygen atoms in total. The normalized spacial score (nSPS) is 10.6. The van der Waals surface area contributed by atoms with Crippen molar-refractivity contribution in [2.24, 2.45) is 7.05 Å². The summed E-state index contributed by atoms with van der Waals surface area (Å²) >= 11 is 0. The van der Waals surface area contributed by atoms with Gasteiger partial charge in [0.05, 0.1) is 5.52 Å². The van der Waals surface area contributed by atoms with Crippen molar-refractivity contribution >= 4 is 22.5 Å². The Morgan fingerprint density at radius 2 is 1.73 bits per heavy atom. The number of amides is 1. The number of benzene rings is 2. The molecule has 0 unspecified atom stereocenters. The van der Waals surface area contributed by atoms with E-state index in [1.807, 2.05) is 50.4 Å². The van der Waals surface area contributed by atoms with E-state index in [1.54, 1.807) is 22.9 Å². The average Bonchev–Trinajstić information content (AvgIpc) is 2.53. The summed E-state index contributed by atoms with van der Waals surface area (Å²) in [6, 6.07) is 14.7. The van der Waals surface area contributed by atoms with E-state index < -0.39 is 0 Å². The van der Waals surface area contributed by atoms with Crippen LogP contribution in [0.4, 0.5) is 5.69 Å². The molecule has 1 heterocycles. The molecule has 0 aliphatic heterocycles. The second-order valence-corrected chi connectivity index (χ2v) is 5.27. The summed E-state index contributed by atoms with van der Waals surface area (Å²) in [6.07, 6.45) is 1.58. The molecule has 2 aromatic carbocycles. The molecule has 4 heteroatoms. The summed E-state index contributed by atoms with van der Waals surface area (Å²) in [4.78, 5) is 25.0. The highest BCUT2D eigenvalue weighted by molar-refractivity contribution is 6.06. The van der Waals surface area contributed by atoms with Crippen LogP contribution in [-0.2, 0) is 7.05 Å². The van der Waals surface area contributed by atoms with E-state index in [0.717, 1.165) is 11.1 Å². The SMILES string of the molecule is Cc1ccccc1NC(=O)c1cn(C)c2ccccc2c1=O. The second-order valence-electron chi connectivity index (χ2n) is 5.27. The second kappa shape index (κ2) is 5.48. The third-order valence-electron chi connectivity index (χ3n) is 3.73. The fourth-order valence-corrected chi connectivity index (χ4v) is 2.50. The molecular weight excluding hydrogens is 276 g/mol. The van der Waals surface area contributed by atoms with Gasteiger partial charge in [-0.05, 0) is 30.7 Å². The summed E-state index contributed by atoms with van der Waals surface area (Å²) in [6.45, 7) is 1.91. The van der Waals surface area contributed by atoms with Gasteiger partial charge in [-0.25, -0.2) is 0 Å². The third-order valence-corrected chi connectivity index (χ3v) is 3.73. The van der Waals surface area contributed by atoms with E-state index in [2.05, 4.69) is 5.32 Å². The molecule has 3 rings (SSSR count). The first-order valence-corrected chi connectivity index (χ1v) is 7.03. The Balaban J connectivity index is 2.07. The van der Waals surface area contributed by atoms with Gasteiger partial charge >= 0.3 is 0 Å². The molecule has 0 bridgehead atoms. The van der Waals surface area contributed by atoms with E-state index in [1.165, 1.54) is 0 Å². The minimum absolute atomic E-state index is 0.143. The predicted molar refractivity (Wildman–Crippen MR) is 88.3 cm³/mol. The summed E-state index contributed by atoms with van der Waals surface area (Å²) in [7, 11) is 1.83. The van der Waals surface area contributed by atoms with Crippen molar-refractivity contribution in [2.45, 2.75) is 6.92 Å². The van der Waals surface area contributed by atoms with Crippen LogP contribution in [0.1, 0.15) is 15.9 Å². The number of anilines is 1. The van der Waals surface area contributed by atoms with E-state index in [9.17, 15) is 9.59 Å². The van der Waals surface area contributed by atoms with Gasteiger partial charge in [-0.3, -0.25) is 9.59 Å². The predicted octanol–water partition coefficient (Wildman–Crippen LogP) is 3.10. The van der Waals surface area contributed by atoms with Crippen LogP contribution in [0.2, 0.25) is 0 Å². The molecule has 0 aliphatic rings.